The van der Waals surface area contributed by atoms with Crippen LogP contribution in [0.1, 0.15) is 19.3 Å². The van der Waals surface area contributed by atoms with Crippen LogP contribution >= 0.6 is 11.3 Å². The van der Waals surface area contributed by atoms with Crippen molar-refractivity contribution in [2.75, 3.05) is 0 Å². The minimum atomic E-state index is -0.977. The number of hydrogen-bond donors (Lipinski definition) is 1. The summed E-state index contributed by atoms with van der Waals surface area (Å²) in [5, 5.41) is 22.4. The lowest BCUT2D eigenvalue weighted by Crippen LogP contribution is -2.48. The van der Waals surface area contributed by atoms with Gasteiger partial charge in [0.15, 0.2) is 11.4 Å². The molecule has 4 rings (SSSR count). The summed E-state index contributed by atoms with van der Waals surface area (Å²) in [5.74, 6) is -0.318. The molecule has 0 amide bonds. The lowest BCUT2D eigenvalue weighted by Gasteiger charge is -2.37. The highest BCUT2D eigenvalue weighted by atomic mass is 32.1. The summed E-state index contributed by atoms with van der Waals surface area (Å²) in [4.78, 5) is 12.5. The Kier molecular flexibility index (Phi) is 2.58. The second-order valence-electron chi connectivity index (χ2n) is 5.25. The fourth-order valence-corrected chi connectivity index (χ4v) is 3.78. The largest absolute Gasteiger partial charge is 0.479 e. The summed E-state index contributed by atoms with van der Waals surface area (Å²) in [7, 11) is 0. The minimum absolute atomic E-state index is 0.540. The van der Waals surface area contributed by atoms with E-state index in [1.54, 1.807) is 11.3 Å². The molecule has 0 saturated heterocycles. The highest BCUT2D eigenvalue weighted by Crippen LogP contribution is 2.42. The van der Waals surface area contributed by atoms with E-state index in [9.17, 15) is 9.90 Å². The molecule has 1 fully saturated rings. The molecule has 1 aliphatic rings. The maximum Gasteiger partial charge on any atom is 0.331 e. The molecule has 0 unspecified atom stereocenters. The number of nitrogens with zero attached hydrogens (tertiary/aromatic N) is 4. The third kappa shape index (κ3) is 1.70. The molecule has 1 N–H and O–H groups in total. The predicted octanol–water partition coefficient (Wildman–Crippen LogP) is 2.52. The molecule has 21 heavy (non-hydrogen) atoms. The topological polar surface area (TPSA) is 80.9 Å². The van der Waals surface area contributed by atoms with Crippen molar-refractivity contribution in [3.8, 4) is 10.7 Å². The van der Waals surface area contributed by atoms with Crippen molar-refractivity contribution >= 4 is 27.4 Å². The van der Waals surface area contributed by atoms with Gasteiger partial charge in [0.2, 0.25) is 0 Å². The van der Waals surface area contributed by atoms with Gasteiger partial charge in [-0.2, -0.15) is 0 Å². The van der Waals surface area contributed by atoms with Crippen molar-refractivity contribution in [3.05, 3.63) is 30.3 Å². The molecule has 1 aromatic carbocycles. The average molecular weight is 300 g/mol. The van der Waals surface area contributed by atoms with E-state index in [4.69, 9.17) is 0 Å². The van der Waals surface area contributed by atoms with E-state index >= 15 is 0 Å². The average Bonchev–Trinajstić information content (AvgIpc) is 3.02. The van der Waals surface area contributed by atoms with Crippen LogP contribution < -0.4 is 0 Å². The Morgan fingerprint density at radius 2 is 2.14 bits per heavy atom. The van der Waals surface area contributed by atoms with Gasteiger partial charge in [-0.05, 0) is 47.2 Å². The van der Waals surface area contributed by atoms with Crippen molar-refractivity contribution in [2.24, 2.45) is 0 Å². The van der Waals surface area contributed by atoms with Crippen molar-refractivity contribution in [3.63, 3.8) is 0 Å². The molecule has 1 saturated carbocycles. The van der Waals surface area contributed by atoms with E-state index in [1.165, 1.54) is 4.68 Å². The summed E-state index contributed by atoms with van der Waals surface area (Å²) in [6.07, 6.45) is 2.04. The van der Waals surface area contributed by atoms with Gasteiger partial charge >= 0.3 is 5.97 Å². The van der Waals surface area contributed by atoms with E-state index in [2.05, 4.69) is 15.5 Å². The Morgan fingerprint density at radius 1 is 1.33 bits per heavy atom. The van der Waals surface area contributed by atoms with Crippen LogP contribution in [0, 0.1) is 0 Å². The zero-order valence-corrected chi connectivity index (χ0v) is 11.9. The number of aromatic nitrogens is 4. The maximum absolute atomic E-state index is 11.6. The second-order valence-corrected chi connectivity index (χ2v) is 6.34. The SMILES string of the molecule is O=C(O)C1(n2nnnc2-c2cc3ccccc3s2)CCC1. The quantitative estimate of drug-likeness (QED) is 0.804. The Morgan fingerprint density at radius 3 is 2.81 bits per heavy atom. The molecular weight excluding hydrogens is 288 g/mol. The fraction of sp³-hybridized carbons (Fsp3) is 0.286. The van der Waals surface area contributed by atoms with Crippen LogP contribution in [0.15, 0.2) is 30.3 Å². The first kappa shape index (κ1) is 12.5. The summed E-state index contributed by atoms with van der Waals surface area (Å²) in [6, 6.07) is 10.0. The Labute approximate surface area is 124 Å². The van der Waals surface area contributed by atoms with Gasteiger partial charge in [0.1, 0.15) is 0 Å². The Hall–Kier alpha value is -2.28. The van der Waals surface area contributed by atoms with Crippen LogP contribution in [-0.2, 0) is 10.3 Å². The number of fused-ring (bicyclic) bond motifs is 1. The van der Waals surface area contributed by atoms with E-state index in [-0.39, 0.29) is 0 Å². The van der Waals surface area contributed by atoms with E-state index in [0.717, 1.165) is 21.4 Å². The van der Waals surface area contributed by atoms with E-state index in [1.807, 2.05) is 30.3 Å². The van der Waals surface area contributed by atoms with Crippen LogP contribution in [0.2, 0.25) is 0 Å². The molecule has 0 atom stereocenters. The van der Waals surface area contributed by atoms with Crippen LogP contribution in [0.25, 0.3) is 20.8 Å². The summed E-state index contributed by atoms with van der Waals surface area (Å²) in [6.45, 7) is 0. The first-order valence-corrected chi connectivity index (χ1v) is 7.54. The molecule has 1 aliphatic carbocycles. The molecule has 3 aromatic rings. The molecule has 0 aliphatic heterocycles. The van der Waals surface area contributed by atoms with Crippen molar-refractivity contribution in [1.29, 1.82) is 0 Å². The predicted molar refractivity (Wildman–Crippen MR) is 78.1 cm³/mol. The smallest absolute Gasteiger partial charge is 0.331 e. The standard InChI is InChI=1S/C14H12N4O2S/c19-13(20)14(6-3-7-14)18-12(15-16-17-18)11-8-9-4-1-2-5-10(9)21-11/h1-2,4-5,8H,3,6-7H2,(H,19,20). The van der Waals surface area contributed by atoms with Crippen molar-refractivity contribution < 1.29 is 9.90 Å². The molecule has 7 heteroatoms. The maximum atomic E-state index is 11.6. The first-order chi connectivity index (χ1) is 10.2. The van der Waals surface area contributed by atoms with Crippen LogP contribution in [0.3, 0.4) is 0 Å². The van der Waals surface area contributed by atoms with Gasteiger partial charge in [-0.25, -0.2) is 9.48 Å². The highest BCUT2D eigenvalue weighted by Gasteiger charge is 2.49. The van der Waals surface area contributed by atoms with E-state index in [0.29, 0.717) is 18.7 Å². The van der Waals surface area contributed by atoms with Crippen LogP contribution in [0.4, 0.5) is 0 Å². The summed E-state index contributed by atoms with van der Waals surface area (Å²) in [5.41, 5.74) is -0.977. The molecule has 0 bridgehead atoms. The monoisotopic (exact) mass is 300 g/mol. The molecule has 6 nitrogen and oxygen atoms in total. The van der Waals surface area contributed by atoms with Gasteiger partial charge in [-0.15, -0.1) is 16.4 Å². The number of carboxylic acid groups (broad SMARTS) is 1. The molecule has 2 heterocycles. The number of tetrazole rings is 1. The lowest BCUT2D eigenvalue weighted by atomic mass is 9.77. The van der Waals surface area contributed by atoms with Gasteiger partial charge in [0, 0.05) is 4.70 Å². The van der Waals surface area contributed by atoms with Gasteiger partial charge in [0.25, 0.3) is 0 Å². The summed E-state index contributed by atoms with van der Waals surface area (Å²) >= 11 is 1.58. The van der Waals surface area contributed by atoms with Gasteiger partial charge < -0.3 is 5.11 Å². The Balaban J connectivity index is 1.87. The zero-order valence-electron chi connectivity index (χ0n) is 11.1. The normalized spacial score (nSPS) is 16.8. The highest BCUT2D eigenvalue weighted by molar-refractivity contribution is 7.22. The van der Waals surface area contributed by atoms with Crippen LogP contribution in [0.5, 0.6) is 0 Å². The molecule has 0 radical (unpaired) electrons. The van der Waals surface area contributed by atoms with Crippen molar-refractivity contribution in [2.45, 2.75) is 24.8 Å². The third-order valence-corrected chi connectivity index (χ3v) is 5.21. The number of aliphatic carboxylic acids is 1. The van der Waals surface area contributed by atoms with E-state index < -0.39 is 11.5 Å². The molecule has 106 valence electrons. The zero-order chi connectivity index (χ0) is 14.4. The second kappa shape index (κ2) is 4.36. The number of rotatable bonds is 3. The fourth-order valence-electron chi connectivity index (χ4n) is 2.75. The Bertz CT molecular complexity index is 801. The third-order valence-electron chi connectivity index (χ3n) is 4.10. The number of hydrogen-bond acceptors (Lipinski definition) is 5. The number of benzene rings is 1. The number of thiophene rings is 1. The molecular formula is C14H12N4O2S. The molecule has 2 aromatic heterocycles. The number of carboxylic acids is 1. The van der Waals surface area contributed by atoms with Gasteiger partial charge in [-0.3, -0.25) is 0 Å². The minimum Gasteiger partial charge on any atom is -0.479 e. The lowest BCUT2D eigenvalue weighted by molar-refractivity contribution is -0.153. The summed E-state index contributed by atoms with van der Waals surface area (Å²) < 4.78 is 2.63. The van der Waals surface area contributed by atoms with Gasteiger partial charge in [0.05, 0.1) is 4.88 Å². The first-order valence-electron chi connectivity index (χ1n) is 6.72. The van der Waals surface area contributed by atoms with Crippen LogP contribution in [-0.4, -0.2) is 31.3 Å². The van der Waals surface area contributed by atoms with Crippen molar-refractivity contribution in [1.82, 2.24) is 20.2 Å². The van der Waals surface area contributed by atoms with Gasteiger partial charge in [-0.1, -0.05) is 18.2 Å². The number of carbonyl (C=O) groups is 1. The molecule has 0 spiro atoms.